The smallest absolute Gasteiger partial charge is 0.407 e. The fourth-order valence-electron chi connectivity index (χ4n) is 4.20. The van der Waals surface area contributed by atoms with Crippen molar-refractivity contribution in [3.8, 4) is 0 Å². The number of carbonyl (C=O) groups is 3. The van der Waals surface area contributed by atoms with Crippen molar-refractivity contribution in [3.63, 3.8) is 0 Å². The van der Waals surface area contributed by atoms with Gasteiger partial charge in [0.15, 0.2) is 0 Å². The van der Waals surface area contributed by atoms with Crippen LogP contribution in [0, 0.1) is 5.41 Å². The van der Waals surface area contributed by atoms with Crippen LogP contribution in [0.5, 0.6) is 0 Å². The van der Waals surface area contributed by atoms with Crippen molar-refractivity contribution in [2.24, 2.45) is 5.41 Å². The van der Waals surface area contributed by atoms with E-state index in [9.17, 15) is 19.5 Å². The van der Waals surface area contributed by atoms with E-state index < -0.39 is 23.6 Å². The first-order valence-corrected chi connectivity index (χ1v) is 9.39. The Balaban J connectivity index is 1.49. The molecule has 4 rings (SSSR count). The lowest BCUT2D eigenvalue weighted by molar-refractivity contribution is -0.129. The number of carbonyl (C=O) groups excluding carboxylic acids is 2. The third-order valence-corrected chi connectivity index (χ3v) is 6.36. The summed E-state index contributed by atoms with van der Waals surface area (Å²) in [5, 5.41) is 12.6. The van der Waals surface area contributed by atoms with Crippen LogP contribution in [0.15, 0.2) is 24.3 Å². The third kappa shape index (κ3) is 3.26. The van der Waals surface area contributed by atoms with Crippen molar-refractivity contribution in [1.29, 1.82) is 0 Å². The van der Waals surface area contributed by atoms with E-state index in [1.54, 1.807) is 12.1 Å². The average Bonchev–Trinajstić information content (AvgIpc) is 3.60. The Morgan fingerprint density at radius 3 is 2.30 bits per heavy atom. The number of rotatable bonds is 4. The number of hydrogen-bond acceptors (Lipinski definition) is 4. The molecule has 1 saturated heterocycles. The van der Waals surface area contributed by atoms with E-state index in [0.29, 0.717) is 18.5 Å². The van der Waals surface area contributed by atoms with Crippen LogP contribution < -0.4 is 5.32 Å². The minimum absolute atomic E-state index is 0.173. The number of carboxylic acid groups (broad SMARTS) is 1. The zero-order valence-electron chi connectivity index (χ0n) is 15.4. The summed E-state index contributed by atoms with van der Waals surface area (Å²) < 4.78 is 4.71. The maximum Gasteiger partial charge on any atom is 0.407 e. The Bertz CT molecular complexity index is 780. The second-order valence-electron chi connectivity index (χ2n) is 8.09. The fraction of sp³-hybridized carbons (Fsp3) is 0.550. The topological polar surface area (TPSA) is 95.9 Å². The first-order valence-electron chi connectivity index (χ1n) is 9.39. The molecule has 0 bridgehead atoms. The first kappa shape index (κ1) is 17.8. The zero-order valence-corrected chi connectivity index (χ0v) is 15.4. The highest BCUT2D eigenvalue weighted by Crippen LogP contribution is 2.55. The van der Waals surface area contributed by atoms with E-state index in [4.69, 9.17) is 4.74 Å². The number of nitrogens with zero attached hydrogens (tertiary/aromatic N) is 1. The highest BCUT2D eigenvalue weighted by molar-refractivity contribution is 5.89. The van der Waals surface area contributed by atoms with Gasteiger partial charge in [0, 0.05) is 6.54 Å². The lowest BCUT2D eigenvalue weighted by Crippen LogP contribution is -2.55. The van der Waals surface area contributed by atoms with Crippen LogP contribution >= 0.6 is 0 Å². The number of methoxy groups -OCH3 is 1. The summed E-state index contributed by atoms with van der Waals surface area (Å²) in [5.41, 5.74) is 1.11. The lowest BCUT2D eigenvalue weighted by Gasteiger charge is -2.38. The molecule has 1 aromatic carbocycles. The van der Waals surface area contributed by atoms with Crippen molar-refractivity contribution in [3.05, 3.63) is 35.4 Å². The highest BCUT2D eigenvalue weighted by atomic mass is 16.5. The average molecular weight is 372 g/mol. The Hall–Kier alpha value is -2.57. The molecular weight excluding hydrogens is 348 g/mol. The monoisotopic (exact) mass is 372 g/mol. The van der Waals surface area contributed by atoms with Crippen LogP contribution in [0.4, 0.5) is 4.79 Å². The molecule has 3 aliphatic rings. The van der Waals surface area contributed by atoms with Gasteiger partial charge >= 0.3 is 12.1 Å². The summed E-state index contributed by atoms with van der Waals surface area (Å²) in [6.45, 7) is 0.425. The van der Waals surface area contributed by atoms with Gasteiger partial charge in [-0.3, -0.25) is 9.69 Å². The maximum absolute atomic E-state index is 13.0. The molecule has 1 aliphatic heterocycles. The second kappa shape index (κ2) is 6.25. The van der Waals surface area contributed by atoms with E-state index in [-0.39, 0.29) is 11.3 Å². The van der Waals surface area contributed by atoms with Crippen LogP contribution in [0.2, 0.25) is 0 Å². The molecule has 0 radical (unpaired) electrons. The van der Waals surface area contributed by atoms with E-state index in [1.165, 1.54) is 12.0 Å². The highest BCUT2D eigenvalue weighted by Gasteiger charge is 2.53. The largest absolute Gasteiger partial charge is 0.465 e. The molecule has 144 valence electrons. The number of likely N-dealkylation sites (tertiary alicyclic amines) is 1. The quantitative estimate of drug-likeness (QED) is 0.792. The normalized spacial score (nSPS) is 24.2. The first-order chi connectivity index (χ1) is 12.9. The van der Waals surface area contributed by atoms with Crippen LogP contribution in [-0.2, 0) is 15.1 Å². The molecule has 1 unspecified atom stereocenters. The number of ether oxygens (including phenoxy) is 1. The lowest BCUT2D eigenvalue weighted by atomic mass is 9.87. The molecule has 27 heavy (non-hydrogen) atoms. The second-order valence-corrected chi connectivity index (χ2v) is 8.09. The maximum atomic E-state index is 13.0. The predicted molar refractivity (Wildman–Crippen MR) is 96.3 cm³/mol. The predicted octanol–water partition coefficient (Wildman–Crippen LogP) is 2.50. The van der Waals surface area contributed by atoms with Gasteiger partial charge in [-0.25, -0.2) is 9.59 Å². The van der Waals surface area contributed by atoms with Gasteiger partial charge in [0.05, 0.1) is 18.2 Å². The number of esters is 1. The fourth-order valence-corrected chi connectivity index (χ4v) is 4.20. The van der Waals surface area contributed by atoms with Crippen molar-refractivity contribution in [1.82, 2.24) is 10.2 Å². The summed E-state index contributed by atoms with van der Waals surface area (Å²) in [7, 11) is 1.34. The SMILES string of the molecule is COC(=O)c1ccc(C2(NC(=O)C3CC4(CCN3C(=O)O)CC4)CC2)cc1. The van der Waals surface area contributed by atoms with Gasteiger partial charge in [-0.2, -0.15) is 0 Å². The van der Waals surface area contributed by atoms with Crippen molar-refractivity contribution in [2.45, 2.75) is 50.1 Å². The number of benzene rings is 1. The van der Waals surface area contributed by atoms with E-state index in [0.717, 1.165) is 37.7 Å². The molecule has 2 amide bonds. The Labute approximate surface area is 157 Å². The summed E-state index contributed by atoms with van der Waals surface area (Å²) in [6, 6.07) is 6.42. The van der Waals surface area contributed by atoms with Crippen molar-refractivity contribution >= 4 is 18.0 Å². The number of amides is 2. The van der Waals surface area contributed by atoms with Crippen molar-refractivity contribution in [2.75, 3.05) is 13.7 Å². The summed E-state index contributed by atoms with van der Waals surface area (Å²) in [6.07, 6.45) is 4.22. The summed E-state index contributed by atoms with van der Waals surface area (Å²) >= 11 is 0. The molecule has 1 heterocycles. The van der Waals surface area contributed by atoms with Crippen LogP contribution in [-0.4, -0.2) is 47.7 Å². The summed E-state index contributed by atoms with van der Waals surface area (Å²) in [4.78, 5) is 37.4. The number of hydrogen-bond donors (Lipinski definition) is 2. The van der Waals surface area contributed by atoms with Crippen LogP contribution in [0.25, 0.3) is 0 Å². The molecule has 7 nitrogen and oxygen atoms in total. The molecule has 0 aromatic heterocycles. The molecule has 3 fully saturated rings. The minimum Gasteiger partial charge on any atom is -0.465 e. The molecular formula is C20H24N2O5. The Morgan fingerprint density at radius 1 is 1.11 bits per heavy atom. The Kier molecular flexibility index (Phi) is 4.13. The van der Waals surface area contributed by atoms with Gasteiger partial charge in [-0.1, -0.05) is 12.1 Å². The van der Waals surface area contributed by atoms with E-state index in [1.807, 2.05) is 12.1 Å². The molecule has 7 heteroatoms. The number of nitrogens with one attached hydrogen (secondary N) is 1. The van der Waals surface area contributed by atoms with Crippen molar-refractivity contribution < 1.29 is 24.2 Å². The van der Waals surface area contributed by atoms with Gasteiger partial charge in [-0.15, -0.1) is 0 Å². The number of piperidine rings is 1. The molecule has 1 atom stereocenters. The van der Waals surface area contributed by atoms with E-state index in [2.05, 4.69) is 5.32 Å². The third-order valence-electron chi connectivity index (χ3n) is 6.36. The van der Waals surface area contributed by atoms with Crippen LogP contribution in [0.3, 0.4) is 0 Å². The molecule has 2 aliphatic carbocycles. The molecule has 2 saturated carbocycles. The minimum atomic E-state index is -1.03. The van der Waals surface area contributed by atoms with Gasteiger partial charge in [0.2, 0.25) is 5.91 Å². The standard InChI is InChI=1S/C20H24N2O5/c1-27-17(24)13-2-4-14(5-3-13)20(8-9-20)21-16(23)15-12-19(6-7-19)10-11-22(15)18(25)26/h2-5,15H,6-12H2,1H3,(H,21,23)(H,25,26). The zero-order chi connectivity index (χ0) is 19.2. The van der Waals surface area contributed by atoms with Gasteiger partial charge in [0.1, 0.15) is 6.04 Å². The van der Waals surface area contributed by atoms with Gasteiger partial charge in [0.25, 0.3) is 0 Å². The molecule has 1 spiro atoms. The molecule has 1 aromatic rings. The van der Waals surface area contributed by atoms with Gasteiger partial charge < -0.3 is 15.2 Å². The summed E-state index contributed by atoms with van der Waals surface area (Å²) in [5.74, 6) is -0.609. The van der Waals surface area contributed by atoms with Gasteiger partial charge in [-0.05, 0) is 61.6 Å². The van der Waals surface area contributed by atoms with Crippen LogP contribution in [0.1, 0.15) is 54.4 Å². The molecule has 2 N–H and O–H groups in total. The van der Waals surface area contributed by atoms with E-state index >= 15 is 0 Å². The Morgan fingerprint density at radius 2 is 1.78 bits per heavy atom.